The number of nitro benzene ring substituents is 1. The van der Waals surface area contributed by atoms with E-state index < -0.39 is 16.4 Å². The van der Waals surface area contributed by atoms with Gasteiger partial charge in [0, 0.05) is 24.2 Å². The third-order valence-corrected chi connectivity index (χ3v) is 3.35. The van der Waals surface area contributed by atoms with Crippen LogP contribution >= 0.6 is 0 Å². The molecule has 2 atom stereocenters. The van der Waals surface area contributed by atoms with Gasteiger partial charge in [-0.15, -0.1) is 0 Å². The van der Waals surface area contributed by atoms with Gasteiger partial charge in [0.25, 0.3) is 0 Å². The van der Waals surface area contributed by atoms with E-state index in [0.29, 0.717) is 18.0 Å². The SMILES string of the molecule is CCC(C)CC(C)NCc1cccc([N+](=O)[O-])c1F. The Labute approximate surface area is 113 Å². The number of nitro groups is 1. The van der Waals surface area contributed by atoms with Crippen LogP contribution in [0.1, 0.15) is 39.2 Å². The first kappa shape index (κ1) is 15.6. The molecule has 106 valence electrons. The van der Waals surface area contributed by atoms with Crippen LogP contribution in [0, 0.1) is 21.8 Å². The Morgan fingerprint density at radius 2 is 2.11 bits per heavy atom. The van der Waals surface area contributed by atoms with Crippen LogP contribution in [-0.4, -0.2) is 11.0 Å². The maximum atomic E-state index is 13.8. The third-order valence-electron chi connectivity index (χ3n) is 3.35. The van der Waals surface area contributed by atoms with Crippen LogP contribution in [0.2, 0.25) is 0 Å². The highest BCUT2D eigenvalue weighted by Gasteiger charge is 2.17. The molecule has 1 aromatic carbocycles. The van der Waals surface area contributed by atoms with E-state index in [1.807, 2.05) is 6.92 Å². The van der Waals surface area contributed by atoms with Gasteiger partial charge < -0.3 is 5.32 Å². The Hall–Kier alpha value is -1.49. The smallest absolute Gasteiger partial charge is 0.305 e. The molecule has 4 nitrogen and oxygen atoms in total. The zero-order valence-corrected chi connectivity index (χ0v) is 11.6. The van der Waals surface area contributed by atoms with E-state index in [-0.39, 0.29) is 6.04 Å². The van der Waals surface area contributed by atoms with Crippen molar-refractivity contribution in [3.63, 3.8) is 0 Å². The first-order valence-electron chi connectivity index (χ1n) is 6.60. The summed E-state index contributed by atoms with van der Waals surface area (Å²) in [7, 11) is 0. The fourth-order valence-corrected chi connectivity index (χ4v) is 1.98. The molecule has 0 saturated carbocycles. The van der Waals surface area contributed by atoms with Crippen LogP contribution < -0.4 is 5.32 Å². The molecule has 0 spiro atoms. The van der Waals surface area contributed by atoms with Gasteiger partial charge in [-0.3, -0.25) is 10.1 Å². The highest BCUT2D eigenvalue weighted by Crippen LogP contribution is 2.20. The maximum Gasteiger partial charge on any atom is 0.305 e. The van der Waals surface area contributed by atoms with E-state index in [0.717, 1.165) is 12.8 Å². The van der Waals surface area contributed by atoms with E-state index in [1.165, 1.54) is 12.1 Å². The van der Waals surface area contributed by atoms with Crippen molar-refractivity contribution in [3.8, 4) is 0 Å². The normalized spacial score (nSPS) is 14.1. The van der Waals surface area contributed by atoms with Crippen molar-refractivity contribution >= 4 is 5.69 Å². The second kappa shape index (κ2) is 7.19. The molecular weight excluding hydrogens is 247 g/mol. The lowest BCUT2D eigenvalue weighted by molar-refractivity contribution is -0.387. The molecule has 0 aromatic heterocycles. The summed E-state index contributed by atoms with van der Waals surface area (Å²) in [5, 5.41) is 13.9. The largest absolute Gasteiger partial charge is 0.310 e. The summed E-state index contributed by atoms with van der Waals surface area (Å²) in [4.78, 5) is 9.95. The van der Waals surface area contributed by atoms with E-state index in [4.69, 9.17) is 0 Å². The number of halogens is 1. The van der Waals surface area contributed by atoms with Gasteiger partial charge in [-0.25, -0.2) is 0 Å². The summed E-state index contributed by atoms with van der Waals surface area (Å²) >= 11 is 0. The summed E-state index contributed by atoms with van der Waals surface area (Å²) in [6.07, 6.45) is 2.12. The molecule has 0 radical (unpaired) electrons. The van der Waals surface area contributed by atoms with Crippen molar-refractivity contribution in [2.45, 2.75) is 46.2 Å². The average molecular weight is 268 g/mol. The minimum absolute atomic E-state index is 0.258. The van der Waals surface area contributed by atoms with Crippen molar-refractivity contribution in [2.24, 2.45) is 5.92 Å². The summed E-state index contributed by atoms with van der Waals surface area (Å²) in [5.74, 6) is -0.131. The Kier molecular flexibility index (Phi) is 5.89. The standard InChI is InChI=1S/C14H21FN2O2/c1-4-10(2)8-11(3)16-9-12-6-5-7-13(14(12)15)17(18)19/h5-7,10-11,16H,4,8-9H2,1-3H3. The van der Waals surface area contributed by atoms with Crippen molar-refractivity contribution in [1.82, 2.24) is 5.32 Å². The van der Waals surface area contributed by atoms with Gasteiger partial charge in [0.15, 0.2) is 0 Å². The summed E-state index contributed by atoms with van der Waals surface area (Å²) < 4.78 is 13.8. The van der Waals surface area contributed by atoms with E-state index in [9.17, 15) is 14.5 Å². The number of hydrogen-bond acceptors (Lipinski definition) is 3. The van der Waals surface area contributed by atoms with Gasteiger partial charge in [-0.2, -0.15) is 4.39 Å². The third kappa shape index (κ3) is 4.59. The lowest BCUT2D eigenvalue weighted by Crippen LogP contribution is -2.27. The predicted octanol–water partition coefficient (Wildman–Crippen LogP) is 3.65. The van der Waals surface area contributed by atoms with Crippen molar-refractivity contribution in [2.75, 3.05) is 0 Å². The van der Waals surface area contributed by atoms with Gasteiger partial charge in [0.05, 0.1) is 4.92 Å². The van der Waals surface area contributed by atoms with Gasteiger partial charge in [0.2, 0.25) is 5.82 Å². The Bertz CT molecular complexity index is 437. The Morgan fingerprint density at radius 1 is 1.42 bits per heavy atom. The molecule has 5 heteroatoms. The lowest BCUT2D eigenvalue weighted by atomic mass is 10.0. The molecule has 1 aromatic rings. The zero-order valence-electron chi connectivity index (χ0n) is 11.6. The second-order valence-corrected chi connectivity index (χ2v) is 5.04. The minimum Gasteiger partial charge on any atom is -0.310 e. The van der Waals surface area contributed by atoms with E-state index in [1.54, 1.807) is 6.07 Å². The van der Waals surface area contributed by atoms with Crippen LogP contribution in [0.25, 0.3) is 0 Å². The molecule has 2 unspecified atom stereocenters. The van der Waals surface area contributed by atoms with Gasteiger partial charge >= 0.3 is 5.69 Å². The van der Waals surface area contributed by atoms with Gasteiger partial charge in [0.1, 0.15) is 0 Å². The molecule has 0 aliphatic heterocycles. The van der Waals surface area contributed by atoms with Gasteiger partial charge in [-0.05, 0) is 19.3 Å². The molecule has 0 heterocycles. The second-order valence-electron chi connectivity index (χ2n) is 5.04. The Morgan fingerprint density at radius 3 is 2.68 bits per heavy atom. The zero-order chi connectivity index (χ0) is 14.4. The molecule has 0 aliphatic rings. The summed E-state index contributed by atoms with van der Waals surface area (Å²) in [6.45, 7) is 6.66. The molecule has 0 fully saturated rings. The molecule has 0 saturated heterocycles. The monoisotopic (exact) mass is 268 g/mol. The van der Waals surface area contributed by atoms with E-state index in [2.05, 4.69) is 19.2 Å². The molecule has 0 bridgehead atoms. The van der Waals surface area contributed by atoms with Crippen LogP contribution in [-0.2, 0) is 6.54 Å². The van der Waals surface area contributed by atoms with Crippen molar-refractivity contribution in [3.05, 3.63) is 39.7 Å². The maximum absolute atomic E-state index is 13.8. The van der Waals surface area contributed by atoms with Crippen molar-refractivity contribution in [1.29, 1.82) is 0 Å². The highest BCUT2D eigenvalue weighted by atomic mass is 19.1. The number of rotatable bonds is 7. The summed E-state index contributed by atoms with van der Waals surface area (Å²) in [6, 6.07) is 4.53. The fourth-order valence-electron chi connectivity index (χ4n) is 1.98. The van der Waals surface area contributed by atoms with Crippen LogP contribution in [0.15, 0.2) is 18.2 Å². The topological polar surface area (TPSA) is 55.2 Å². The first-order chi connectivity index (χ1) is 8.95. The molecule has 0 aliphatic carbocycles. The first-order valence-corrected chi connectivity index (χ1v) is 6.60. The Balaban J connectivity index is 2.63. The lowest BCUT2D eigenvalue weighted by Gasteiger charge is -2.17. The molecular formula is C14H21FN2O2. The van der Waals surface area contributed by atoms with E-state index >= 15 is 0 Å². The number of nitrogens with one attached hydrogen (secondary N) is 1. The quantitative estimate of drug-likeness (QED) is 0.606. The summed E-state index contributed by atoms with van der Waals surface area (Å²) in [5.41, 5.74) is -0.126. The van der Waals surface area contributed by atoms with Crippen LogP contribution in [0.5, 0.6) is 0 Å². The number of nitrogens with zero attached hydrogens (tertiary/aromatic N) is 1. The highest BCUT2D eigenvalue weighted by molar-refractivity contribution is 5.36. The number of hydrogen-bond donors (Lipinski definition) is 1. The molecule has 1 rings (SSSR count). The number of benzene rings is 1. The van der Waals surface area contributed by atoms with Crippen LogP contribution in [0.4, 0.5) is 10.1 Å². The fraction of sp³-hybridized carbons (Fsp3) is 0.571. The molecule has 19 heavy (non-hydrogen) atoms. The predicted molar refractivity (Wildman–Crippen MR) is 73.4 cm³/mol. The minimum atomic E-state index is -0.740. The molecule has 1 N–H and O–H groups in total. The van der Waals surface area contributed by atoms with Crippen LogP contribution in [0.3, 0.4) is 0 Å². The molecule has 0 amide bonds. The average Bonchev–Trinajstić information content (AvgIpc) is 2.37. The van der Waals surface area contributed by atoms with Crippen molar-refractivity contribution < 1.29 is 9.31 Å². The van der Waals surface area contributed by atoms with Gasteiger partial charge in [-0.1, -0.05) is 32.4 Å².